The van der Waals surface area contributed by atoms with Crippen molar-refractivity contribution in [3.05, 3.63) is 72.4 Å². The fourth-order valence-corrected chi connectivity index (χ4v) is 2.88. The molecule has 2 aromatic carbocycles. The standard InChI is InChI=1S/C18H19N5O3S/c19-27(25,26)15-8-6-14(7-9-15)22-18-20-11-10-17(23-18)21-12-16(24)13-4-2-1-3-5-13/h1-11,16,24H,12H2,(H2,19,25,26)(H2,20,21,22,23)/t16-/m0/s1. The van der Waals surface area contributed by atoms with Crippen LogP contribution in [0.3, 0.4) is 0 Å². The zero-order valence-electron chi connectivity index (χ0n) is 14.3. The van der Waals surface area contributed by atoms with Crippen LogP contribution >= 0.6 is 0 Å². The molecule has 1 aromatic heterocycles. The molecule has 0 radical (unpaired) electrons. The van der Waals surface area contributed by atoms with E-state index in [0.717, 1.165) is 5.56 Å². The van der Waals surface area contributed by atoms with Crippen molar-refractivity contribution in [2.75, 3.05) is 17.2 Å². The van der Waals surface area contributed by atoms with Gasteiger partial charge in [0.2, 0.25) is 16.0 Å². The average Bonchev–Trinajstić information content (AvgIpc) is 2.67. The predicted octanol–water partition coefficient (Wildman–Crippen LogP) is 2.01. The Labute approximate surface area is 157 Å². The molecule has 0 aliphatic heterocycles. The molecule has 0 saturated heterocycles. The summed E-state index contributed by atoms with van der Waals surface area (Å²) < 4.78 is 22.6. The number of sulfonamides is 1. The van der Waals surface area contributed by atoms with Gasteiger partial charge in [-0.15, -0.1) is 0 Å². The van der Waals surface area contributed by atoms with E-state index >= 15 is 0 Å². The zero-order chi connectivity index (χ0) is 19.3. The Bertz CT molecular complexity index is 995. The Kier molecular flexibility index (Phi) is 5.65. The minimum Gasteiger partial charge on any atom is -0.387 e. The van der Waals surface area contributed by atoms with E-state index in [1.807, 2.05) is 30.3 Å². The van der Waals surface area contributed by atoms with Crippen LogP contribution in [0.15, 0.2) is 71.8 Å². The molecule has 27 heavy (non-hydrogen) atoms. The number of aliphatic hydroxyl groups is 1. The Morgan fingerprint density at radius 3 is 2.41 bits per heavy atom. The number of anilines is 3. The number of nitrogens with two attached hydrogens (primary N) is 1. The van der Waals surface area contributed by atoms with Crippen molar-refractivity contribution in [1.82, 2.24) is 9.97 Å². The third-order valence-corrected chi connectivity index (χ3v) is 4.68. The Morgan fingerprint density at radius 2 is 1.74 bits per heavy atom. The summed E-state index contributed by atoms with van der Waals surface area (Å²) in [5, 5.41) is 21.3. The maximum Gasteiger partial charge on any atom is 0.238 e. The second-order valence-electron chi connectivity index (χ2n) is 5.77. The van der Waals surface area contributed by atoms with E-state index in [2.05, 4.69) is 20.6 Å². The summed E-state index contributed by atoms with van der Waals surface area (Å²) >= 11 is 0. The van der Waals surface area contributed by atoms with Crippen molar-refractivity contribution < 1.29 is 13.5 Å². The van der Waals surface area contributed by atoms with Gasteiger partial charge < -0.3 is 15.7 Å². The Balaban J connectivity index is 1.63. The van der Waals surface area contributed by atoms with Crippen LogP contribution in [0.1, 0.15) is 11.7 Å². The van der Waals surface area contributed by atoms with Gasteiger partial charge in [-0.1, -0.05) is 30.3 Å². The summed E-state index contributed by atoms with van der Waals surface area (Å²) in [6.07, 6.45) is 0.911. The number of hydrogen-bond donors (Lipinski definition) is 4. The smallest absolute Gasteiger partial charge is 0.238 e. The molecule has 0 amide bonds. The van der Waals surface area contributed by atoms with Gasteiger partial charge in [0.15, 0.2) is 0 Å². The first-order chi connectivity index (χ1) is 12.9. The number of aromatic nitrogens is 2. The van der Waals surface area contributed by atoms with Crippen molar-refractivity contribution in [2.24, 2.45) is 5.14 Å². The Morgan fingerprint density at radius 1 is 1.04 bits per heavy atom. The highest BCUT2D eigenvalue weighted by Crippen LogP contribution is 2.18. The minimum atomic E-state index is -3.73. The fourth-order valence-electron chi connectivity index (χ4n) is 2.37. The molecule has 8 nitrogen and oxygen atoms in total. The molecule has 3 rings (SSSR count). The maximum atomic E-state index is 11.3. The third kappa shape index (κ3) is 5.23. The summed E-state index contributed by atoms with van der Waals surface area (Å²) in [7, 11) is -3.73. The highest BCUT2D eigenvalue weighted by molar-refractivity contribution is 7.89. The van der Waals surface area contributed by atoms with Gasteiger partial charge in [-0.3, -0.25) is 0 Å². The van der Waals surface area contributed by atoms with Crippen LogP contribution in [0.4, 0.5) is 17.5 Å². The van der Waals surface area contributed by atoms with E-state index < -0.39 is 16.1 Å². The SMILES string of the molecule is NS(=O)(=O)c1ccc(Nc2nccc(NC[C@H](O)c3ccccc3)n2)cc1. The van der Waals surface area contributed by atoms with E-state index in [4.69, 9.17) is 5.14 Å². The molecule has 0 aliphatic rings. The van der Waals surface area contributed by atoms with Crippen molar-refractivity contribution in [1.29, 1.82) is 0 Å². The van der Waals surface area contributed by atoms with E-state index in [1.54, 1.807) is 24.4 Å². The highest BCUT2D eigenvalue weighted by Gasteiger charge is 2.09. The van der Waals surface area contributed by atoms with Crippen LogP contribution in [0, 0.1) is 0 Å². The van der Waals surface area contributed by atoms with E-state index in [-0.39, 0.29) is 4.90 Å². The van der Waals surface area contributed by atoms with Gasteiger partial charge in [-0.2, -0.15) is 4.98 Å². The molecule has 0 saturated carbocycles. The lowest BCUT2D eigenvalue weighted by Gasteiger charge is -2.13. The normalized spacial score (nSPS) is 12.4. The first-order valence-corrected chi connectivity index (χ1v) is 9.66. The molecule has 9 heteroatoms. The molecular formula is C18H19N5O3S. The van der Waals surface area contributed by atoms with Crippen molar-refractivity contribution >= 4 is 27.5 Å². The van der Waals surface area contributed by atoms with Gasteiger partial charge in [0.1, 0.15) is 5.82 Å². The number of aliphatic hydroxyl groups excluding tert-OH is 1. The second-order valence-corrected chi connectivity index (χ2v) is 7.33. The van der Waals surface area contributed by atoms with Crippen LogP contribution in [-0.4, -0.2) is 30.0 Å². The molecule has 0 bridgehead atoms. The van der Waals surface area contributed by atoms with Gasteiger partial charge >= 0.3 is 0 Å². The lowest BCUT2D eigenvalue weighted by atomic mass is 10.1. The number of hydrogen-bond acceptors (Lipinski definition) is 7. The lowest BCUT2D eigenvalue weighted by molar-refractivity contribution is 0.191. The monoisotopic (exact) mass is 385 g/mol. The quantitative estimate of drug-likeness (QED) is 0.489. The summed E-state index contributed by atoms with van der Waals surface area (Å²) in [5.41, 5.74) is 1.43. The highest BCUT2D eigenvalue weighted by atomic mass is 32.2. The van der Waals surface area contributed by atoms with Crippen molar-refractivity contribution in [3.63, 3.8) is 0 Å². The maximum absolute atomic E-state index is 11.3. The number of nitrogens with one attached hydrogen (secondary N) is 2. The second kappa shape index (κ2) is 8.12. The first-order valence-electron chi connectivity index (χ1n) is 8.11. The number of primary sulfonamides is 1. The molecule has 0 spiro atoms. The summed E-state index contributed by atoms with van der Waals surface area (Å²) in [5.74, 6) is 0.876. The molecule has 0 aliphatic carbocycles. The lowest BCUT2D eigenvalue weighted by Crippen LogP contribution is -2.13. The van der Waals surface area contributed by atoms with Gasteiger partial charge in [-0.25, -0.2) is 18.5 Å². The van der Waals surface area contributed by atoms with E-state index in [0.29, 0.717) is 24.0 Å². The number of rotatable bonds is 7. The van der Waals surface area contributed by atoms with Gasteiger partial charge in [-0.05, 0) is 35.9 Å². The van der Waals surface area contributed by atoms with Gasteiger partial charge in [0.05, 0.1) is 11.0 Å². The van der Waals surface area contributed by atoms with Crippen LogP contribution in [-0.2, 0) is 10.0 Å². The summed E-state index contributed by atoms with van der Waals surface area (Å²) in [4.78, 5) is 8.47. The molecule has 1 heterocycles. The number of nitrogens with zero attached hydrogens (tertiary/aromatic N) is 2. The molecule has 0 fully saturated rings. The molecule has 1 atom stereocenters. The van der Waals surface area contributed by atoms with Crippen molar-refractivity contribution in [2.45, 2.75) is 11.0 Å². The average molecular weight is 385 g/mol. The molecular weight excluding hydrogens is 366 g/mol. The van der Waals surface area contributed by atoms with Gasteiger partial charge in [0.25, 0.3) is 0 Å². The molecule has 5 N–H and O–H groups in total. The molecule has 0 unspecified atom stereocenters. The number of benzene rings is 2. The van der Waals surface area contributed by atoms with E-state index in [1.165, 1.54) is 12.1 Å². The fraction of sp³-hybridized carbons (Fsp3) is 0.111. The van der Waals surface area contributed by atoms with Crippen molar-refractivity contribution in [3.8, 4) is 0 Å². The van der Waals surface area contributed by atoms with Crippen LogP contribution < -0.4 is 15.8 Å². The zero-order valence-corrected chi connectivity index (χ0v) is 15.1. The topological polar surface area (TPSA) is 130 Å². The first kappa shape index (κ1) is 18.8. The summed E-state index contributed by atoms with van der Waals surface area (Å²) in [6, 6.07) is 17.0. The third-order valence-electron chi connectivity index (χ3n) is 3.76. The Hall–Kier alpha value is -3.01. The van der Waals surface area contributed by atoms with Crippen LogP contribution in [0.2, 0.25) is 0 Å². The molecule has 3 aromatic rings. The van der Waals surface area contributed by atoms with Crippen LogP contribution in [0.25, 0.3) is 0 Å². The minimum absolute atomic E-state index is 0.0271. The molecule has 140 valence electrons. The van der Waals surface area contributed by atoms with E-state index in [9.17, 15) is 13.5 Å². The van der Waals surface area contributed by atoms with Gasteiger partial charge in [0, 0.05) is 18.4 Å². The predicted molar refractivity (Wildman–Crippen MR) is 103 cm³/mol. The summed E-state index contributed by atoms with van der Waals surface area (Å²) in [6.45, 7) is 0.295. The largest absolute Gasteiger partial charge is 0.387 e. The van der Waals surface area contributed by atoms with Crippen LogP contribution in [0.5, 0.6) is 0 Å².